The number of aryl methyl sites for hydroxylation is 1. The van der Waals surface area contributed by atoms with E-state index in [9.17, 15) is 9.59 Å². The molecule has 1 fully saturated rings. The van der Waals surface area contributed by atoms with Gasteiger partial charge in [0.2, 0.25) is 5.91 Å². The number of hydrogen-bond acceptors (Lipinski definition) is 5. The Hall–Kier alpha value is -2.22. The van der Waals surface area contributed by atoms with Gasteiger partial charge in [-0.15, -0.1) is 0 Å². The number of ether oxygens (including phenoxy) is 1. The predicted molar refractivity (Wildman–Crippen MR) is 79.5 cm³/mol. The highest BCUT2D eigenvalue weighted by Crippen LogP contribution is 2.23. The van der Waals surface area contributed by atoms with Crippen LogP contribution in [-0.4, -0.2) is 56.7 Å². The van der Waals surface area contributed by atoms with Gasteiger partial charge < -0.3 is 9.64 Å². The average molecular weight is 305 g/mol. The minimum absolute atomic E-state index is 0.0462. The molecule has 2 aromatic heterocycles. The highest BCUT2D eigenvalue weighted by atomic mass is 16.5. The fourth-order valence-corrected chi connectivity index (χ4v) is 3.03. The van der Waals surface area contributed by atoms with Gasteiger partial charge in [0.1, 0.15) is 18.5 Å². The van der Waals surface area contributed by atoms with Crippen molar-refractivity contribution in [2.75, 3.05) is 26.8 Å². The lowest BCUT2D eigenvalue weighted by atomic mass is 10.1. The first-order valence-electron chi connectivity index (χ1n) is 7.27. The molecule has 0 aliphatic carbocycles. The minimum atomic E-state index is -0.124. The Morgan fingerprint density at radius 1 is 1.50 bits per heavy atom. The summed E-state index contributed by atoms with van der Waals surface area (Å²) in [7, 11) is 3.21. The van der Waals surface area contributed by atoms with E-state index in [1.165, 1.54) is 13.4 Å². The Labute approximate surface area is 127 Å². The normalized spacial score (nSPS) is 18.8. The Morgan fingerprint density at radius 3 is 3.09 bits per heavy atom. The molecule has 3 heterocycles. The highest BCUT2D eigenvalue weighted by molar-refractivity contribution is 5.77. The molecular formula is C14H19N5O3. The van der Waals surface area contributed by atoms with E-state index in [0.29, 0.717) is 24.3 Å². The molecule has 1 amide bonds. The first-order valence-corrected chi connectivity index (χ1v) is 7.27. The first kappa shape index (κ1) is 14.7. The second-order valence-corrected chi connectivity index (χ2v) is 5.51. The second-order valence-electron chi connectivity index (χ2n) is 5.51. The molecule has 0 spiro atoms. The molecule has 0 radical (unpaired) electrons. The number of fused-ring (bicyclic) bond motifs is 1. The number of hydrogen-bond donors (Lipinski definition) is 0. The van der Waals surface area contributed by atoms with Crippen molar-refractivity contribution in [2.24, 2.45) is 7.05 Å². The van der Waals surface area contributed by atoms with Gasteiger partial charge in [-0.2, -0.15) is 0 Å². The van der Waals surface area contributed by atoms with E-state index >= 15 is 0 Å². The van der Waals surface area contributed by atoms with Crippen molar-refractivity contribution in [3.8, 4) is 0 Å². The van der Waals surface area contributed by atoms with Gasteiger partial charge in [-0.1, -0.05) is 0 Å². The van der Waals surface area contributed by atoms with E-state index in [1.807, 2.05) is 0 Å². The molecule has 8 heteroatoms. The molecule has 0 N–H and O–H groups in total. The molecule has 1 atom stereocenters. The Morgan fingerprint density at radius 2 is 2.32 bits per heavy atom. The van der Waals surface area contributed by atoms with Gasteiger partial charge in [0.05, 0.1) is 12.2 Å². The summed E-state index contributed by atoms with van der Waals surface area (Å²) in [6.45, 7) is 1.28. The monoisotopic (exact) mass is 305 g/mol. The molecule has 2 aromatic rings. The maximum atomic E-state index is 12.5. The Kier molecular flexibility index (Phi) is 3.93. The lowest BCUT2D eigenvalue weighted by molar-refractivity contribution is -0.136. The maximum Gasteiger partial charge on any atom is 0.330 e. The topological polar surface area (TPSA) is 82.2 Å². The lowest BCUT2D eigenvalue weighted by Gasteiger charge is -2.33. The third-order valence-electron chi connectivity index (χ3n) is 4.14. The molecule has 118 valence electrons. The summed E-state index contributed by atoms with van der Waals surface area (Å²) in [6, 6.07) is -0.0688. The Balaban J connectivity index is 1.96. The number of likely N-dealkylation sites (tertiary alicyclic amines) is 1. The third kappa shape index (κ3) is 2.39. The Bertz CT molecular complexity index is 751. The number of carbonyl (C=O) groups excluding carboxylic acids is 1. The van der Waals surface area contributed by atoms with Crippen LogP contribution in [0.4, 0.5) is 0 Å². The molecule has 1 saturated heterocycles. The quantitative estimate of drug-likeness (QED) is 0.793. The van der Waals surface area contributed by atoms with Crippen LogP contribution in [0, 0.1) is 0 Å². The van der Waals surface area contributed by atoms with Gasteiger partial charge in [0.15, 0.2) is 5.65 Å². The number of piperidine rings is 1. The molecule has 0 saturated carbocycles. The van der Waals surface area contributed by atoms with Crippen molar-refractivity contribution in [1.29, 1.82) is 0 Å². The number of aromatic nitrogens is 4. The van der Waals surface area contributed by atoms with Crippen molar-refractivity contribution in [3.05, 3.63) is 23.0 Å². The van der Waals surface area contributed by atoms with Crippen molar-refractivity contribution in [3.63, 3.8) is 0 Å². The number of amides is 1. The third-order valence-corrected chi connectivity index (χ3v) is 4.14. The largest absolute Gasteiger partial charge is 0.375 e. The molecule has 22 heavy (non-hydrogen) atoms. The summed E-state index contributed by atoms with van der Waals surface area (Å²) in [5.74, 6) is -0.0462. The van der Waals surface area contributed by atoms with E-state index in [1.54, 1.807) is 27.3 Å². The smallest absolute Gasteiger partial charge is 0.330 e. The lowest BCUT2D eigenvalue weighted by Crippen LogP contribution is -2.44. The fraction of sp³-hybridized carbons (Fsp3) is 0.571. The minimum Gasteiger partial charge on any atom is -0.375 e. The number of methoxy groups -OCH3 is 1. The molecule has 3 rings (SSSR count). The number of imidazole rings is 1. The van der Waals surface area contributed by atoms with Gasteiger partial charge in [-0.3, -0.25) is 13.9 Å². The highest BCUT2D eigenvalue weighted by Gasteiger charge is 2.28. The van der Waals surface area contributed by atoms with Crippen LogP contribution in [0.3, 0.4) is 0 Å². The summed E-state index contributed by atoms with van der Waals surface area (Å²) < 4.78 is 8.14. The van der Waals surface area contributed by atoms with E-state index in [0.717, 1.165) is 12.8 Å². The SMILES string of the molecule is COCC(=O)N1CCCC(n2c(=O)n(C)c3cncnc32)C1. The summed E-state index contributed by atoms with van der Waals surface area (Å²) >= 11 is 0. The van der Waals surface area contributed by atoms with E-state index in [2.05, 4.69) is 9.97 Å². The zero-order chi connectivity index (χ0) is 15.7. The van der Waals surface area contributed by atoms with E-state index < -0.39 is 0 Å². The fourth-order valence-electron chi connectivity index (χ4n) is 3.03. The number of nitrogens with zero attached hydrogens (tertiary/aromatic N) is 5. The van der Waals surface area contributed by atoms with Crippen LogP contribution < -0.4 is 5.69 Å². The van der Waals surface area contributed by atoms with Crippen LogP contribution in [0.15, 0.2) is 17.3 Å². The van der Waals surface area contributed by atoms with Crippen molar-refractivity contribution in [2.45, 2.75) is 18.9 Å². The number of rotatable bonds is 3. The second kappa shape index (κ2) is 5.88. The summed E-state index contributed by atoms with van der Waals surface area (Å²) in [6.07, 6.45) is 4.78. The average Bonchev–Trinajstić information content (AvgIpc) is 2.80. The predicted octanol–water partition coefficient (Wildman–Crippen LogP) is -0.0601. The van der Waals surface area contributed by atoms with Gasteiger partial charge in [-0.05, 0) is 12.8 Å². The van der Waals surface area contributed by atoms with Crippen LogP contribution in [-0.2, 0) is 16.6 Å². The summed E-state index contributed by atoms with van der Waals surface area (Å²) in [5, 5.41) is 0. The molecule has 1 aliphatic rings. The zero-order valence-corrected chi connectivity index (χ0v) is 12.7. The van der Waals surface area contributed by atoms with E-state index in [4.69, 9.17) is 4.74 Å². The van der Waals surface area contributed by atoms with Crippen LogP contribution in [0.5, 0.6) is 0 Å². The van der Waals surface area contributed by atoms with Crippen LogP contribution >= 0.6 is 0 Å². The van der Waals surface area contributed by atoms with Gasteiger partial charge in [0.25, 0.3) is 0 Å². The molecule has 0 bridgehead atoms. The van der Waals surface area contributed by atoms with Crippen LogP contribution in [0.25, 0.3) is 11.2 Å². The molecule has 0 aromatic carbocycles. The van der Waals surface area contributed by atoms with E-state index in [-0.39, 0.29) is 24.2 Å². The zero-order valence-electron chi connectivity index (χ0n) is 12.7. The van der Waals surface area contributed by atoms with Gasteiger partial charge in [-0.25, -0.2) is 14.8 Å². The molecular weight excluding hydrogens is 286 g/mol. The van der Waals surface area contributed by atoms with Crippen LogP contribution in [0.1, 0.15) is 18.9 Å². The molecule has 1 aliphatic heterocycles. The van der Waals surface area contributed by atoms with Gasteiger partial charge >= 0.3 is 5.69 Å². The molecule has 8 nitrogen and oxygen atoms in total. The van der Waals surface area contributed by atoms with Crippen molar-refractivity contribution >= 4 is 17.1 Å². The standard InChI is InChI=1S/C14H19N5O3/c1-17-11-6-15-9-16-13(11)19(14(17)21)10-4-3-5-18(7-10)12(20)8-22-2/h6,9-10H,3-5,7-8H2,1-2H3. The molecule has 1 unspecified atom stereocenters. The first-order chi connectivity index (χ1) is 10.6. The van der Waals surface area contributed by atoms with Crippen LogP contribution in [0.2, 0.25) is 0 Å². The van der Waals surface area contributed by atoms with Gasteiger partial charge in [0, 0.05) is 27.2 Å². The summed E-state index contributed by atoms with van der Waals surface area (Å²) in [4.78, 5) is 34.5. The maximum absolute atomic E-state index is 12.5. The van der Waals surface area contributed by atoms with Crippen molar-refractivity contribution < 1.29 is 9.53 Å². The number of carbonyl (C=O) groups is 1. The summed E-state index contributed by atoms with van der Waals surface area (Å²) in [5.41, 5.74) is 1.20. The van der Waals surface area contributed by atoms with Crippen molar-refractivity contribution in [1.82, 2.24) is 24.0 Å².